The van der Waals surface area contributed by atoms with Crippen molar-refractivity contribution in [1.82, 2.24) is 19.9 Å². The molecule has 1 aromatic rings. The highest BCUT2D eigenvalue weighted by atomic mass is 16.2. The smallest absolute Gasteiger partial charge is 0.276 e. The quantitative estimate of drug-likeness (QED) is 0.859. The number of rotatable bonds is 4. The first-order valence-corrected chi connectivity index (χ1v) is 8.79. The first-order valence-electron chi connectivity index (χ1n) is 8.79. The van der Waals surface area contributed by atoms with Crippen LogP contribution in [0.3, 0.4) is 0 Å². The molecule has 2 heterocycles. The van der Waals surface area contributed by atoms with Gasteiger partial charge in [-0.3, -0.25) is 9.48 Å². The Bertz CT molecular complexity index is 524. The number of aryl methyl sites for hydroxylation is 1. The van der Waals surface area contributed by atoms with E-state index >= 15 is 0 Å². The molecule has 0 radical (unpaired) electrons. The van der Waals surface area contributed by atoms with E-state index in [0.29, 0.717) is 29.6 Å². The van der Waals surface area contributed by atoms with E-state index < -0.39 is 0 Å². The summed E-state index contributed by atoms with van der Waals surface area (Å²) in [7, 11) is 0. The first-order chi connectivity index (χ1) is 10.6. The van der Waals surface area contributed by atoms with Crippen LogP contribution < -0.4 is 0 Å². The lowest BCUT2D eigenvalue weighted by molar-refractivity contribution is 0.0627. The molecule has 0 unspecified atom stereocenters. The zero-order valence-electron chi connectivity index (χ0n) is 14.0. The molecule has 3 atom stereocenters. The number of likely N-dealkylation sites (tertiary alicyclic amines) is 1. The summed E-state index contributed by atoms with van der Waals surface area (Å²) in [4.78, 5) is 15.0. The summed E-state index contributed by atoms with van der Waals surface area (Å²) in [6, 6.07) is 0.762. The maximum Gasteiger partial charge on any atom is 0.276 e. The molecule has 22 heavy (non-hydrogen) atoms. The third-order valence-electron chi connectivity index (χ3n) is 5.27. The number of hydrogen-bond acceptors (Lipinski definition) is 3. The normalized spacial score (nSPS) is 28.2. The molecule has 0 bridgehead atoms. The second-order valence-electron chi connectivity index (χ2n) is 7.46. The Morgan fingerprint density at radius 3 is 2.91 bits per heavy atom. The van der Waals surface area contributed by atoms with Crippen LogP contribution >= 0.6 is 0 Å². The third-order valence-corrected chi connectivity index (χ3v) is 5.27. The molecule has 5 heteroatoms. The molecule has 1 amide bonds. The lowest BCUT2D eigenvalue weighted by Crippen LogP contribution is -2.42. The molecular weight excluding hydrogens is 276 g/mol. The van der Waals surface area contributed by atoms with Crippen LogP contribution in [0.15, 0.2) is 6.20 Å². The topological polar surface area (TPSA) is 51.0 Å². The molecule has 1 aromatic heterocycles. The van der Waals surface area contributed by atoms with Crippen LogP contribution in [0, 0.1) is 11.8 Å². The lowest BCUT2D eigenvalue weighted by Gasteiger charge is -2.32. The Hall–Kier alpha value is -1.39. The predicted molar refractivity (Wildman–Crippen MR) is 85.5 cm³/mol. The molecule has 3 rings (SSSR count). The van der Waals surface area contributed by atoms with E-state index in [2.05, 4.69) is 36.0 Å². The Balaban J connectivity index is 1.70. The average molecular weight is 304 g/mol. The van der Waals surface area contributed by atoms with Gasteiger partial charge in [-0.1, -0.05) is 31.9 Å². The van der Waals surface area contributed by atoms with Crippen LogP contribution in [0.4, 0.5) is 0 Å². The van der Waals surface area contributed by atoms with Crippen molar-refractivity contribution in [2.24, 2.45) is 11.8 Å². The molecule has 1 aliphatic carbocycles. The summed E-state index contributed by atoms with van der Waals surface area (Å²) in [6.07, 6.45) is 9.04. The van der Waals surface area contributed by atoms with E-state index in [1.165, 1.54) is 19.3 Å². The lowest BCUT2D eigenvalue weighted by atomic mass is 9.85. The summed E-state index contributed by atoms with van der Waals surface area (Å²) in [5, 5.41) is 8.26. The van der Waals surface area contributed by atoms with Gasteiger partial charge in [-0.05, 0) is 44.4 Å². The van der Waals surface area contributed by atoms with Crippen molar-refractivity contribution in [3.05, 3.63) is 11.9 Å². The fourth-order valence-electron chi connectivity index (χ4n) is 4.09. The summed E-state index contributed by atoms with van der Waals surface area (Å²) >= 11 is 0. The molecule has 2 fully saturated rings. The molecule has 0 aromatic carbocycles. The highest BCUT2D eigenvalue weighted by Crippen LogP contribution is 2.40. The van der Waals surface area contributed by atoms with E-state index in [-0.39, 0.29) is 5.91 Å². The molecule has 5 nitrogen and oxygen atoms in total. The van der Waals surface area contributed by atoms with Gasteiger partial charge in [0.1, 0.15) is 0 Å². The first kappa shape index (κ1) is 15.5. The monoisotopic (exact) mass is 304 g/mol. The van der Waals surface area contributed by atoms with Gasteiger partial charge in [0.2, 0.25) is 0 Å². The van der Waals surface area contributed by atoms with E-state index in [9.17, 15) is 4.79 Å². The summed E-state index contributed by atoms with van der Waals surface area (Å²) in [5.41, 5.74) is 0.516. The zero-order valence-corrected chi connectivity index (χ0v) is 14.0. The van der Waals surface area contributed by atoms with Crippen LogP contribution in [0.1, 0.15) is 69.8 Å². The number of hydrogen-bond donors (Lipinski definition) is 0. The highest BCUT2D eigenvalue weighted by molar-refractivity contribution is 5.92. The average Bonchev–Trinajstić information content (AvgIpc) is 3.07. The Morgan fingerprint density at radius 1 is 1.36 bits per heavy atom. The second-order valence-corrected chi connectivity index (χ2v) is 7.46. The largest absolute Gasteiger partial charge is 0.331 e. The van der Waals surface area contributed by atoms with Gasteiger partial charge in [-0.15, -0.1) is 5.10 Å². The van der Waals surface area contributed by atoms with E-state index in [1.807, 2.05) is 10.9 Å². The van der Waals surface area contributed by atoms with Crippen molar-refractivity contribution in [2.45, 2.75) is 77.9 Å². The van der Waals surface area contributed by atoms with Crippen molar-refractivity contribution in [3.63, 3.8) is 0 Å². The van der Waals surface area contributed by atoms with E-state index in [0.717, 1.165) is 25.8 Å². The van der Waals surface area contributed by atoms with E-state index in [1.54, 1.807) is 0 Å². The fraction of sp³-hybridized carbons (Fsp3) is 0.824. The molecule has 1 saturated heterocycles. The number of amides is 1. The van der Waals surface area contributed by atoms with Gasteiger partial charge in [0.05, 0.1) is 6.20 Å². The molecule has 122 valence electrons. The molecule has 0 N–H and O–H groups in total. The van der Waals surface area contributed by atoms with Crippen molar-refractivity contribution >= 4 is 5.91 Å². The van der Waals surface area contributed by atoms with Gasteiger partial charge >= 0.3 is 0 Å². The van der Waals surface area contributed by atoms with Crippen LogP contribution in [-0.2, 0) is 6.54 Å². The maximum absolute atomic E-state index is 12.9. The van der Waals surface area contributed by atoms with Gasteiger partial charge < -0.3 is 4.90 Å². The van der Waals surface area contributed by atoms with Crippen LogP contribution in [0.25, 0.3) is 0 Å². The van der Waals surface area contributed by atoms with Gasteiger partial charge in [-0.25, -0.2) is 0 Å². The van der Waals surface area contributed by atoms with Crippen molar-refractivity contribution < 1.29 is 4.79 Å². The molecule has 0 spiro atoms. The summed E-state index contributed by atoms with van der Waals surface area (Å²) < 4.78 is 1.81. The minimum atomic E-state index is 0.0812. The number of fused-ring (bicyclic) bond motifs is 1. The van der Waals surface area contributed by atoms with Gasteiger partial charge in [0.15, 0.2) is 5.69 Å². The standard InChI is InChI=1S/C17H28N4O/c1-12(2)8-9-20-11-15(18-19-20)17(22)21-13(3)10-14-6-4-5-7-16(14)21/h11-14,16H,4-10H2,1-3H3/t13-,14+,16-/m1/s1. The Labute approximate surface area is 133 Å². The van der Waals surface area contributed by atoms with Crippen LogP contribution in [-0.4, -0.2) is 37.9 Å². The van der Waals surface area contributed by atoms with Crippen molar-refractivity contribution in [1.29, 1.82) is 0 Å². The predicted octanol–water partition coefficient (Wildman–Crippen LogP) is 3.12. The Morgan fingerprint density at radius 2 is 2.14 bits per heavy atom. The SMILES string of the molecule is CC(C)CCn1cc(C(=O)N2[C@H](C)C[C@@H]3CCCC[C@H]32)nn1. The molecule has 1 aliphatic heterocycles. The molecule has 1 saturated carbocycles. The number of nitrogens with zero attached hydrogens (tertiary/aromatic N) is 4. The molecule has 2 aliphatic rings. The van der Waals surface area contributed by atoms with Crippen LogP contribution in [0.5, 0.6) is 0 Å². The summed E-state index contributed by atoms with van der Waals surface area (Å²) in [6.45, 7) is 7.40. The van der Waals surface area contributed by atoms with Crippen molar-refractivity contribution in [3.8, 4) is 0 Å². The number of aromatic nitrogens is 3. The number of carbonyl (C=O) groups is 1. The maximum atomic E-state index is 12.9. The van der Waals surface area contributed by atoms with E-state index in [4.69, 9.17) is 0 Å². The van der Waals surface area contributed by atoms with Gasteiger partial charge in [-0.2, -0.15) is 0 Å². The minimum Gasteiger partial charge on any atom is -0.331 e. The van der Waals surface area contributed by atoms with Crippen LogP contribution in [0.2, 0.25) is 0 Å². The second kappa shape index (κ2) is 6.39. The van der Waals surface area contributed by atoms with Crippen molar-refractivity contribution in [2.75, 3.05) is 0 Å². The van der Waals surface area contributed by atoms with Gasteiger partial charge in [0, 0.05) is 18.6 Å². The minimum absolute atomic E-state index is 0.0812. The zero-order chi connectivity index (χ0) is 15.7. The van der Waals surface area contributed by atoms with Gasteiger partial charge in [0.25, 0.3) is 5.91 Å². The Kier molecular flexibility index (Phi) is 4.50. The fourth-order valence-corrected chi connectivity index (χ4v) is 4.09. The highest BCUT2D eigenvalue weighted by Gasteiger charge is 2.43. The molecular formula is C17H28N4O. The number of carbonyl (C=O) groups excluding carboxylic acids is 1. The summed E-state index contributed by atoms with van der Waals surface area (Å²) in [5.74, 6) is 1.41. The third kappa shape index (κ3) is 3.03.